The molecule has 0 amide bonds. The van der Waals surface area contributed by atoms with Gasteiger partial charge in [-0.15, -0.1) is 6.42 Å². The summed E-state index contributed by atoms with van der Waals surface area (Å²) in [5, 5.41) is 9.33. The van der Waals surface area contributed by atoms with E-state index in [4.69, 9.17) is 25.4 Å². The van der Waals surface area contributed by atoms with Crippen molar-refractivity contribution >= 4 is 29.8 Å². The number of terminal acetylenes is 1. The molecule has 0 aliphatic heterocycles. The SMILES string of the molecule is C#Cc1ccc(C#Cc2ccc(C#Cc3ccc(C#CC4(OC(=O)c5ccc(OC(=O)C6CCC(C(=O)OCC)CC6)cc5)CCC(c5ccc(OC(=O)C6CCC(C(=O)O)CC6)cc5)CC4)cc3)cc2)cc1. The first kappa shape index (κ1) is 51.1. The number of ether oxygens (including phenoxy) is 4. The molecule has 368 valence electrons. The van der Waals surface area contributed by atoms with E-state index in [1.807, 2.05) is 84.9 Å². The number of rotatable bonds is 10. The maximum absolute atomic E-state index is 13.9. The molecule has 3 saturated carbocycles. The zero-order valence-corrected chi connectivity index (χ0v) is 40.8. The summed E-state index contributed by atoms with van der Waals surface area (Å²) in [5.74, 6) is 19.4. The maximum atomic E-state index is 13.9. The van der Waals surface area contributed by atoms with E-state index in [0.717, 1.165) is 38.9 Å². The summed E-state index contributed by atoms with van der Waals surface area (Å²) >= 11 is 0. The molecule has 0 bridgehead atoms. The molecule has 0 aromatic heterocycles. The van der Waals surface area contributed by atoms with Crippen molar-refractivity contribution in [1.29, 1.82) is 0 Å². The first-order valence-electron chi connectivity index (χ1n) is 25.0. The highest BCUT2D eigenvalue weighted by Gasteiger charge is 2.39. The van der Waals surface area contributed by atoms with Gasteiger partial charge in [-0.1, -0.05) is 47.7 Å². The molecule has 73 heavy (non-hydrogen) atoms. The molecule has 5 aromatic carbocycles. The largest absolute Gasteiger partial charge is 0.481 e. The fourth-order valence-corrected chi connectivity index (χ4v) is 9.57. The summed E-state index contributed by atoms with van der Waals surface area (Å²) in [5.41, 5.74) is 5.21. The smallest absolute Gasteiger partial charge is 0.339 e. The van der Waals surface area contributed by atoms with Gasteiger partial charge in [-0.2, -0.15) is 0 Å². The number of benzene rings is 5. The normalized spacial score (nSPS) is 21.1. The van der Waals surface area contributed by atoms with E-state index >= 15 is 0 Å². The minimum Gasteiger partial charge on any atom is -0.481 e. The van der Waals surface area contributed by atoms with E-state index in [1.54, 1.807) is 43.3 Å². The van der Waals surface area contributed by atoms with Gasteiger partial charge >= 0.3 is 29.8 Å². The lowest BCUT2D eigenvalue weighted by molar-refractivity contribution is -0.151. The van der Waals surface area contributed by atoms with Gasteiger partial charge in [-0.05, 0) is 211 Å². The number of esters is 4. The monoisotopic (exact) mass is 972 g/mol. The van der Waals surface area contributed by atoms with Crippen molar-refractivity contribution in [2.75, 3.05) is 6.61 Å². The predicted octanol–water partition coefficient (Wildman–Crippen LogP) is 10.8. The van der Waals surface area contributed by atoms with Crippen molar-refractivity contribution < 1.29 is 48.0 Å². The van der Waals surface area contributed by atoms with Crippen LogP contribution >= 0.6 is 0 Å². The van der Waals surface area contributed by atoms with Gasteiger partial charge in [-0.3, -0.25) is 19.2 Å². The molecule has 5 aromatic rings. The summed E-state index contributed by atoms with van der Waals surface area (Å²) in [6.45, 7) is 2.11. The van der Waals surface area contributed by atoms with Crippen LogP contribution in [0.2, 0.25) is 0 Å². The van der Waals surface area contributed by atoms with Crippen LogP contribution in [0.3, 0.4) is 0 Å². The second-order valence-corrected chi connectivity index (χ2v) is 18.9. The fourth-order valence-electron chi connectivity index (χ4n) is 9.57. The van der Waals surface area contributed by atoms with Gasteiger partial charge in [0, 0.05) is 33.4 Å². The summed E-state index contributed by atoms with van der Waals surface area (Å²) in [6, 6.07) is 36.7. The first-order chi connectivity index (χ1) is 35.4. The lowest BCUT2D eigenvalue weighted by atomic mass is 9.76. The Morgan fingerprint density at radius 3 is 1.30 bits per heavy atom. The topological polar surface area (TPSA) is 142 Å². The Balaban J connectivity index is 0.916. The highest BCUT2D eigenvalue weighted by molar-refractivity contribution is 5.90. The van der Waals surface area contributed by atoms with Gasteiger partial charge in [0.15, 0.2) is 5.60 Å². The number of carboxylic acid groups (broad SMARTS) is 1. The van der Waals surface area contributed by atoms with Crippen LogP contribution < -0.4 is 9.47 Å². The molecule has 1 N–H and O–H groups in total. The third kappa shape index (κ3) is 14.0. The van der Waals surface area contributed by atoms with Crippen LogP contribution in [0.15, 0.2) is 121 Å². The number of hydrogen-bond donors (Lipinski definition) is 1. The van der Waals surface area contributed by atoms with E-state index in [0.29, 0.717) is 95.2 Å². The van der Waals surface area contributed by atoms with E-state index in [1.165, 1.54) is 0 Å². The molecule has 0 saturated heterocycles. The Hall–Kier alpha value is -8.31. The second-order valence-electron chi connectivity index (χ2n) is 18.9. The standard InChI is InChI=1S/C63H56O10/c1-3-43-5-7-44(8-6-43)9-10-45-11-13-46(14-12-45)15-16-47-17-19-48(20-18-47)37-40-63(73-62(69)55-31-35-57(36-32-55)72-61(68)54-27-25-52(26-28-54)59(66)70-4-2)41-38-50(39-42-63)49-29-33-56(34-30-49)71-60(67)53-23-21-51(22-24-53)58(64)65/h1,5-8,11-14,17-20,29-36,50-54H,4,21-28,38-39,41-42H2,2H3,(H,64,65). The predicted molar refractivity (Wildman–Crippen MR) is 275 cm³/mol. The van der Waals surface area contributed by atoms with Crippen molar-refractivity contribution in [2.24, 2.45) is 23.7 Å². The van der Waals surface area contributed by atoms with Crippen molar-refractivity contribution in [2.45, 2.75) is 95.5 Å². The molecule has 3 aliphatic rings. The van der Waals surface area contributed by atoms with Crippen LogP contribution in [0.5, 0.6) is 11.5 Å². The van der Waals surface area contributed by atoms with E-state index < -0.39 is 23.5 Å². The molecule has 0 radical (unpaired) electrons. The fraction of sp³-hybridized carbons (Fsp3) is 0.317. The highest BCUT2D eigenvalue weighted by Crippen LogP contribution is 2.41. The van der Waals surface area contributed by atoms with Gasteiger partial charge in [0.25, 0.3) is 0 Å². The van der Waals surface area contributed by atoms with Gasteiger partial charge in [-0.25, -0.2) is 4.79 Å². The summed E-state index contributed by atoms with van der Waals surface area (Å²) in [6.07, 6.45) is 11.9. The summed E-state index contributed by atoms with van der Waals surface area (Å²) < 4.78 is 22.9. The third-order valence-electron chi connectivity index (χ3n) is 14.0. The third-order valence-corrected chi connectivity index (χ3v) is 14.0. The van der Waals surface area contributed by atoms with Gasteiger partial charge in [0.05, 0.1) is 35.8 Å². The average molecular weight is 973 g/mol. The molecule has 3 fully saturated rings. The average Bonchev–Trinajstić information content (AvgIpc) is 3.42. The molecule has 10 heteroatoms. The summed E-state index contributed by atoms with van der Waals surface area (Å²) in [4.78, 5) is 63.4. The lowest BCUT2D eigenvalue weighted by Gasteiger charge is -2.36. The molecule has 0 heterocycles. The first-order valence-corrected chi connectivity index (χ1v) is 25.0. The van der Waals surface area contributed by atoms with Crippen LogP contribution in [-0.4, -0.2) is 47.2 Å². The van der Waals surface area contributed by atoms with Crippen molar-refractivity contribution in [3.63, 3.8) is 0 Å². The van der Waals surface area contributed by atoms with Crippen LogP contribution in [0.25, 0.3) is 0 Å². The number of carbonyl (C=O) groups excluding carboxylic acids is 4. The van der Waals surface area contributed by atoms with Crippen LogP contribution in [0.1, 0.15) is 139 Å². The number of carboxylic acids is 1. The number of aliphatic carboxylic acids is 1. The zero-order valence-electron chi connectivity index (χ0n) is 40.8. The Morgan fingerprint density at radius 2 is 0.890 bits per heavy atom. The van der Waals surface area contributed by atoms with Gasteiger partial charge < -0.3 is 24.1 Å². The van der Waals surface area contributed by atoms with Crippen LogP contribution in [0.4, 0.5) is 0 Å². The molecule has 0 unspecified atom stereocenters. The van der Waals surface area contributed by atoms with E-state index in [2.05, 4.69) is 41.4 Å². The Kier molecular flexibility index (Phi) is 16.9. The molecule has 0 spiro atoms. The number of carbonyl (C=O) groups is 5. The van der Waals surface area contributed by atoms with Crippen LogP contribution in [0, 0.1) is 71.5 Å². The Labute approximate surface area is 427 Å². The molecule has 3 aliphatic carbocycles. The minimum absolute atomic E-state index is 0.137. The van der Waals surface area contributed by atoms with E-state index in [-0.39, 0.29) is 47.1 Å². The minimum atomic E-state index is -1.10. The molecular weight excluding hydrogens is 917 g/mol. The Morgan fingerprint density at radius 1 is 0.507 bits per heavy atom. The molecule has 8 rings (SSSR count). The highest BCUT2D eigenvalue weighted by atomic mass is 16.6. The van der Waals surface area contributed by atoms with Crippen molar-refractivity contribution in [3.05, 3.63) is 166 Å². The molecule has 0 atom stereocenters. The molecular formula is C63H56O10. The second kappa shape index (κ2) is 24.2. The lowest BCUT2D eigenvalue weighted by Crippen LogP contribution is -2.37. The Bertz CT molecular complexity index is 3010. The zero-order chi connectivity index (χ0) is 51.2. The summed E-state index contributed by atoms with van der Waals surface area (Å²) in [7, 11) is 0. The van der Waals surface area contributed by atoms with Crippen LogP contribution in [-0.2, 0) is 28.7 Å². The maximum Gasteiger partial charge on any atom is 0.339 e. The van der Waals surface area contributed by atoms with Gasteiger partial charge in [0.1, 0.15) is 11.5 Å². The van der Waals surface area contributed by atoms with Crippen molar-refractivity contribution in [3.8, 4) is 59.4 Å². The number of hydrogen-bond acceptors (Lipinski definition) is 9. The quantitative estimate of drug-likeness (QED) is 0.0816. The van der Waals surface area contributed by atoms with E-state index in [9.17, 15) is 29.1 Å². The van der Waals surface area contributed by atoms with Gasteiger partial charge in [0.2, 0.25) is 0 Å². The molecule has 10 nitrogen and oxygen atoms in total. The van der Waals surface area contributed by atoms with Crippen molar-refractivity contribution in [1.82, 2.24) is 0 Å².